The predicted molar refractivity (Wildman–Crippen MR) is 68.8 cm³/mol. The molecule has 3 nitrogen and oxygen atoms in total. The Hall–Kier alpha value is -0.860. The van der Waals surface area contributed by atoms with E-state index in [4.69, 9.17) is 4.74 Å². The summed E-state index contributed by atoms with van der Waals surface area (Å²) in [6.45, 7) is 6.02. The summed E-state index contributed by atoms with van der Waals surface area (Å²) in [5, 5.41) is 0. The highest BCUT2D eigenvalue weighted by Crippen LogP contribution is 2.07. The average molecular weight is 242 g/mol. The first-order chi connectivity index (χ1) is 8.13. The lowest BCUT2D eigenvalue weighted by atomic mass is 10.1. The molecule has 0 saturated carbocycles. The van der Waals surface area contributed by atoms with Gasteiger partial charge in [-0.15, -0.1) is 0 Å². The lowest BCUT2D eigenvalue weighted by Gasteiger charge is -2.09. The van der Waals surface area contributed by atoms with E-state index in [0.717, 1.165) is 12.8 Å². The van der Waals surface area contributed by atoms with Crippen molar-refractivity contribution < 1.29 is 14.3 Å². The molecule has 0 N–H and O–H groups in total. The number of rotatable bonds is 10. The topological polar surface area (TPSA) is 43.4 Å². The third-order valence-electron chi connectivity index (χ3n) is 2.93. The largest absolute Gasteiger partial charge is 0.465 e. The van der Waals surface area contributed by atoms with Crippen LogP contribution in [0.25, 0.3) is 0 Å². The first-order valence-corrected chi connectivity index (χ1v) is 6.82. The van der Waals surface area contributed by atoms with Crippen LogP contribution in [0, 0.1) is 5.92 Å². The Morgan fingerprint density at radius 1 is 1.00 bits per heavy atom. The molecule has 0 amide bonds. The van der Waals surface area contributed by atoms with Crippen molar-refractivity contribution in [1.82, 2.24) is 0 Å². The average Bonchev–Trinajstić information content (AvgIpc) is 2.35. The van der Waals surface area contributed by atoms with Gasteiger partial charge in [0, 0.05) is 6.42 Å². The number of ketones is 1. The molecule has 0 spiro atoms. The zero-order chi connectivity index (χ0) is 13.1. The van der Waals surface area contributed by atoms with Crippen LogP contribution in [0.4, 0.5) is 0 Å². The highest BCUT2D eigenvalue weighted by atomic mass is 16.5. The first kappa shape index (κ1) is 16.1. The minimum atomic E-state index is -0.597. The number of hydrogen-bond acceptors (Lipinski definition) is 3. The van der Waals surface area contributed by atoms with Gasteiger partial charge in [0.05, 0.1) is 6.61 Å². The fourth-order valence-electron chi connectivity index (χ4n) is 1.62. The van der Waals surface area contributed by atoms with Crippen LogP contribution in [-0.4, -0.2) is 18.4 Å². The standard InChI is InChI=1S/C14H26O3/c1-4-6-7-8-9-10-11-17-14(16)12(3)13(15)5-2/h12H,4-11H2,1-3H3. The van der Waals surface area contributed by atoms with Gasteiger partial charge in [-0.05, 0) is 13.3 Å². The predicted octanol–water partition coefficient (Wildman–Crippen LogP) is 3.51. The molecule has 0 fully saturated rings. The van der Waals surface area contributed by atoms with Gasteiger partial charge in [-0.25, -0.2) is 0 Å². The highest BCUT2D eigenvalue weighted by molar-refractivity contribution is 5.98. The number of esters is 1. The molecule has 0 rings (SSSR count). The van der Waals surface area contributed by atoms with Gasteiger partial charge in [0.1, 0.15) is 11.7 Å². The van der Waals surface area contributed by atoms with Crippen molar-refractivity contribution in [3.8, 4) is 0 Å². The third-order valence-corrected chi connectivity index (χ3v) is 2.93. The third kappa shape index (κ3) is 7.94. The molecular formula is C14H26O3. The van der Waals surface area contributed by atoms with Crippen molar-refractivity contribution in [2.75, 3.05) is 6.61 Å². The molecule has 0 radical (unpaired) electrons. The van der Waals surface area contributed by atoms with Gasteiger partial charge in [-0.3, -0.25) is 9.59 Å². The molecule has 0 aromatic carbocycles. The Labute approximate surface area is 105 Å². The van der Waals surface area contributed by atoms with Crippen LogP contribution in [0.2, 0.25) is 0 Å². The molecule has 0 aromatic heterocycles. The lowest BCUT2D eigenvalue weighted by Crippen LogP contribution is -2.23. The van der Waals surface area contributed by atoms with Gasteiger partial charge in [0.25, 0.3) is 0 Å². The van der Waals surface area contributed by atoms with Gasteiger partial charge in [-0.2, -0.15) is 0 Å². The Kier molecular flexibility index (Phi) is 9.78. The Bertz CT molecular complexity index is 224. The van der Waals surface area contributed by atoms with Crippen LogP contribution < -0.4 is 0 Å². The van der Waals surface area contributed by atoms with E-state index in [2.05, 4.69) is 6.92 Å². The van der Waals surface area contributed by atoms with Crippen LogP contribution in [0.1, 0.15) is 65.7 Å². The molecule has 0 bridgehead atoms. The molecule has 3 heteroatoms. The zero-order valence-corrected chi connectivity index (χ0v) is 11.5. The van der Waals surface area contributed by atoms with E-state index in [9.17, 15) is 9.59 Å². The molecule has 0 saturated heterocycles. The summed E-state index contributed by atoms with van der Waals surface area (Å²) in [6, 6.07) is 0. The smallest absolute Gasteiger partial charge is 0.316 e. The number of carbonyl (C=O) groups excluding carboxylic acids is 2. The molecule has 0 aromatic rings. The van der Waals surface area contributed by atoms with Crippen LogP contribution in [0.3, 0.4) is 0 Å². The lowest BCUT2D eigenvalue weighted by molar-refractivity contribution is -0.151. The highest BCUT2D eigenvalue weighted by Gasteiger charge is 2.20. The molecule has 0 heterocycles. The Balaban J connectivity index is 3.48. The molecule has 0 aliphatic carbocycles. The van der Waals surface area contributed by atoms with Crippen molar-refractivity contribution in [3.05, 3.63) is 0 Å². The number of hydrogen-bond donors (Lipinski definition) is 0. The van der Waals surface area contributed by atoms with Crippen LogP contribution >= 0.6 is 0 Å². The SMILES string of the molecule is CCCCCCCCOC(=O)C(C)C(=O)CC. The van der Waals surface area contributed by atoms with E-state index in [-0.39, 0.29) is 11.8 Å². The number of carbonyl (C=O) groups is 2. The summed E-state index contributed by atoms with van der Waals surface area (Å²) >= 11 is 0. The fourth-order valence-corrected chi connectivity index (χ4v) is 1.62. The van der Waals surface area contributed by atoms with Crippen molar-refractivity contribution >= 4 is 11.8 Å². The first-order valence-electron chi connectivity index (χ1n) is 6.82. The second kappa shape index (κ2) is 10.3. The Morgan fingerprint density at radius 2 is 1.59 bits per heavy atom. The van der Waals surface area contributed by atoms with Crippen LogP contribution in [0.5, 0.6) is 0 Å². The summed E-state index contributed by atoms with van der Waals surface area (Å²) in [4.78, 5) is 22.7. The minimum absolute atomic E-state index is 0.0436. The quantitative estimate of drug-likeness (QED) is 0.334. The molecule has 0 aliphatic rings. The molecule has 1 unspecified atom stereocenters. The van der Waals surface area contributed by atoms with Gasteiger partial charge in [-0.1, -0.05) is 46.0 Å². The second-order valence-electron chi connectivity index (χ2n) is 4.48. The summed E-state index contributed by atoms with van der Waals surface area (Å²) in [5.74, 6) is -1.01. The van der Waals surface area contributed by atoms with Crippen molar-refractivity contribution in [2.45, 2.75) is 65.7 Å². The summed E-state index contributed by atoms with van der Waals surface area (Å²) in [7, 11) is 0. The van der Waals surface area contributed by atoms with E-state index in [0.29, 0.717) is 13.0 Å². The minimum Gasteiger partial charge on any atom is -0.465 e. The normalized spacial score (nSPS) is 12.2. The number of ether oxygens (including phenoxy) is 1. The maximum absolute atomic E-state index is 11.4. The summed E-state index contributed by atoms with van der Waals surface area (Å²) in [5.41, 5.74) is 0. The maximum atomic E-state index is 11.4. The monoisotopic (exact) mass is 242 g/mol. The summed E-state index contributed by atoms with van der Waals surface area (Å²) in [6.07, 6.45) is 7.39. The van der Waals surface area contributed by atoms with Crippen LogP contribution in [-0.2, 0) is 14.3 Å². The second-order valence-corrected chi connectivity index (χ2v) is 4.48. The summed E-state index contributed by atoms with van der Waals surface area (Å²) < 4.78 is 5.07. The van der Waals surface area contributed by atoms with Gasteiger partial charge >= 0.3 is 5.97 Å². The van der Waals surface area contributed by atoms with Gasteiger partial charge in [0.2, 0.25) is 0 Å². The van der Waals surface area contributed by atoms with Crippen molar-refractivity contribution in [3.63, 3.8) is 0 Å². The van der Waals surface area contributed by atoms with E-state index in [1.807, 2.05) is 0 Å². The molecule has 100 valence electrons. The maximum Gasteiger partial charge on any atom is 0.316 e. The van der Waals surface area contributed by atoms with E-state index < -0.39 is 5.92 Å². The fraction of sp³-hybridized carbons (Fsp3) is 0.857. The zero-order valence-electron chi connectivity index (χ0n) is 11.5. The van der Waals surface area contributed by atoms with E-state index >= 15 is 0 Å². The number of unbranched alkanes of at least 4 members (excludes halogenated alkanes) is 5. The Morgan fingerprint density at radius 3 is 2.18 bits per heavy atom. The molecular weight excluding hydrogens is 216 g/mol. The van der Waals surface area contributed by atoms with Gasteiger partial charge < -0.3 is 4.74 Å². The molecule has 0 aliphatic heterocycles. The van der Waals surface area contributed by atoms with Gasteiger partial charge in [0.15, 0.2) is 0 Å². The van der Waals surface area contributed by atoms with Crippen LogP contribution in [0.15, 0.2) is 0 Å². The van der Waals surface area contributed by atoms with Crippen molar-refractivity contribution in [1.29, 1.82) is 0 Å². The molecule has 1 atom stereocenters. The van der Waals surface area contributed by atoms with Crippen molar-refractivity contribution in [2.24, 2.45) is 5.92 Å². The number of Topliss-reactive ketones (excluding diaryl/α,β-unsaturated/α-hetero) is 1. The molecule has 17 heavy (non-hydrogen) atoms. The van der Waals surface area contributed by atoms with E-state index in [1.54, 1.807) is 13.8 Å². The van der Waals surface area contributed by atoms with E-state index in [1.165, 1.54) is 25.7 Å².